The zero-order chi connectivity index (χ0) is 26.7. The van der Waals surface area contributed by atoms with Crippen LogP contribution < -0.4 is 27.4 Å². The normalized spacial score (nSPS) is 14.3. The molecule has 0 saturated heterocycles. The van der Waals surface area contributed by atoms with Crippen LogP contribution in [0, 0.1) is 0 Å². The predicted octanol–water partition coefficient (Wildman–Crippen LogP) is -0.685. The van der Waals surface area contributed by atoms with E-state index in [4.69, 9.17) is 16.6 Å². The lowest BCUT2D eigenvalue weighted by atomic mass is 10.0. The van der Waals surface area contributed by atoms with Crippen LogP contribution in [0.2, 0.25) is 0 Å². The number of aldehydes is 1. The van der Waals surface area contributed by atoms with Gasteiger partial charge in [-0.15, -0.1) is 0 Å². The summed E-state index contributed by atoms with van der Waals surface area (Å²) < 4.78 is 0. The number of aromatic amines is 1. The molecule has 12 nitrogen and oxygen atoms in total. The average Bonchev–Trinajstić information content (AvgIpc) is 3.25. The summed E-state index contributed by atoms with van der Waals surface area (Å²) >= 11 is 0. The summed E-state index contributed by atoms with van der Waals surface area (Å²) in [7, 11) is 0. The van der Waals surface area contributed by atoms with Crippen molar-refractivity contribution in [3.8, 4) is 0 Å². The van der Waals surface area contributed by atoms with Gasteiger partial charge in [0.05, 0.1) is 18.5 Å². The lowest BCUT2D eigenvalue weighted by molar-refractivity contribution is -0.140. The van der Waals surface area contributed by atoms with Crippen LogP contribution >= 0.6 is 0 Å². The number of carbonyl (C=O) groups is 5. The molecular formula is C24H34N6O6. The molecule has 2 rings (SSSR count). The third-order valence-corrected chi connectivity index (χ3v) is 5.62. The van der Waals surface area contributed by atoms with Crippen molar-refractivity contribution < 1.29 is 29.1 Å². The number of H-pyrrole nitrogens is 1. The average molecular weight is 503 g/mol. The number of aromatic nitrogens is 1. The number of nitrogens with one attached hydrogen (secondary N) is 4. The number of nitrogens with two attached hydrogens (primary N) is 2. The number of para-hydroxylation sites is 1. The number of carbonyl (C=O) groups excluding carboxylic acids is 4. The third kappa shape index (κ3) is 8.47. The standard InChI is InChI=1S/C24H34N6O6/c1-14(13-31)28-24(36)20(10-15-12-27-18-7-3-2-6-16(15)18)30-23(35)19(8-4-5-9-25)29-22(34)17(26)11-21(32)33/h2-3,6-7,12-14,17,19-20,27H,4-5,8-11,25-26H2,1H3,(H,28,36)(H,29,34)(H,30,35)(H,32,33)/t14-,17-,19-,20-/m0/s1. The largest absolute Gasteiger partial charge is 0.481 e. The van der Waals surface area contributed by atoms with Gasteiger partial charge in [0.1, 0.15) is 18.4 Å². The molecule has 0 aliphatic carbocycles. The van der Waals surface area contributed by atoms with Crippen LogP contribution in [0.15, 0.2) is 30.5 Å². The third-order valence-electron chi connectivity index (χ3n) is 5.62. The molecular weight excluding hydrogens is 468 g/mol. The Kier molecular flexibility index (Phi) is 11.0. The van der Waals surface area contributed by atoms with Gasteiger partial charge in [-0.3, -0.25) is 19.2 Å². The van der Waals surface area contributed by atoms with Gasteiger partial charge in [-0.05, 0) is 44.4 Å². The first-order chi connectivity index (χ1) is 17.2. The van der Waals surface area contributed by atoms with E-state index in [-0.39, 0.29) is 12.8 Å². The lowest BCUT2D eigenvalue weighted by Gasteiger charge is -2.24. The van der Waals surface area contributed by atoms with Crippen LogP contribution in [0.25, 0.3) is 10.9 Å². The highest BCUT2D eigenvalue weighted by Gasteiger charge is 2.29. The van der Waals surface area contributed by atoms with Gasteiger partial charge >= 0.3 is 5.97 Å². The van der Waals surface area contributed by atoms with Crippen molar-refractivity contribution in [1.82, 2.24) is 20.9 Å². The number of carboxylic acids is 1. The summed E-state index contributed by atoms with van der Waals surface area (Å²) in [6.07, 6.45) is 3.14. The summed E-state index contributed by atoms with van der Waals surface area (Å²) in [5, 5.41) is 17.5. The minimum atomic E-state index is -1.34. The molecule has 1 aromatic heterocycles. The number of hydrogen-bond acceptors (Lipinski definition) is 7. The molecule has 0 saturated carbocycles. The smallest absolute Gasteiger partial charge is 0.305 e. The number of carboxylic acid groups (broad SMARTS) is 1. The molecule has 0 aliphatic rings. The molecule has 4 atom stereocenters. The number of hydrogen-bond donors (Lipinski definition) is 7. The maximum Gasteiger partial charge on any atom is 0.305 e. The van der Waals surface area contributed by atoms with Crippen LogP contribution in [0.3, 0.4) is 0 Å². The lowest BCUT2D eigenvalue weighted by Crippen LogP contribution is -2.57. The van der Waals surface area contributed by atoms with Crippen LogP contribution in [-0.2, 0) is 30.4 Å². The topological polar surface area (TPSA) is 209 Å². The Morgan fingerprint density at radius 1 is 1.03 bits per heavy atom. The number of benzene rings is 1. The fraction of sp³-hybridized carbons (Fsp3) is 0.458. The van der Waals surface area contributed by atoms with E-state index in [1.54, 1.807) is 6.20 Å². The van der Waals surface area contributed by atoms with E-state index < -0.39 is 54.3 Å². The minimum Gasteiger partial charge on any atom is -0.481 e. The molecule has 0 aliphatic heterocycles. The second-order valence-corrected chi connectivity index (χ2v) is 8.61. The Labute approximate surface area is 208 Å². The maximum absolute atomic E-state index is 13.2. The molecule has 0 spiro atoms. The molecule has 196 valence electrons. The Hall–Kier alpha value is -3.77. The fourth-order valence-electron chi connectivity index (χ4n) is 3.68. The van der Waals surface area contributed by atoms with E-state index >= 15 is 0 Å². The molecule has 1 heterocycles. The molecule has 0 fully saturated rings. The van der Waals surface area contributed by atoms with Gasteiger partial charge < -0.3 is 42.3 Å². The zero-order valence-electron chi connectivity index (χ0n) is 20.2. The van der Waals surface area contributed by atoms with Crippen molar-refractivity contribution >= 4 is 40.9 Å². The molecule has 36 heavy (non-hydrogen) atoms. The van der Waals surface area contributed by atoms with Crippen LogP contribution in [0.5, 0.6) is 0 Å². The summed E-state index contributed by atoms with van der Waals surface area (Å²) in [5.74, 6) is -3.25. The molecule has 12 heteroatoms. The Morgan fingerprint density at radius 2 is 1.69 bits per heavy atom. The van der Waals surface area contributed by atoms with Crippen molar-refractivity contribution in [2.45, 2.75) is 63.2 Å². The Bertz CT molecular complexity index is 1070. The number of aliphatic carboxylic acids is 1. The van der Waals surface area contributed by atoms with Crippen LogP contribution in [0.4, 0.5) is 0 Å². The van der Waals surface area contributed by atoms with Gasteiger partial charge in [-0.1, -0.05) is 18.2 Å². The summed E-state index contributed by atoms with van der Waals surface area (Å²) in [5.41, 5.74) is 12.8. The predicted molar refractivity (Wildman–Crippen MR) is 133 cm³/mol. The molecule has 3 amide bonds. The SMILES string of the molecule is C[C@@H](C=O)NC(=O)[C@H](Cc1c[nH]c2ccccc12)NC(=O)[C@H](CCCCN)NC(=O)[C@@H](N)CC(=O)O. The summed E-state index contributed by atoms with van der Waals surface area (Å²) in [6.45, 7) is 1.89. The first-order valence-corrected chi connectivity index (χ1v) is 11.7. The van der Waals surface area contributed by atoms with Gasteiger partial charge in [0, 0.05) is 23.5 Å². The first kappa shape index (κ1) is 28.5. The van der Waals surface area contributed by atoms with Gasteiger partial charge in [0.2, 0.25) is 17.7 Å². The minimum absolute atomic E-state index is 0.120. The summed E-state index contributed by atoms with van der Waals surface area (Å²) in [4.78, 5) is 63.7. The molecule has 2 aromatic rings. The number of amides is 3. The Balaban J connectivity index is 2.24. The van der Waals surface area contributed by atoms with Crippen LogP contribution in [0.1, 0.15) is 38.2 Å². The monoisotopic (exact) mass is 502 g/mol. The molecule has 0 unspecified atom stereocenters. The van der Waals surface area contributed by atoms with E-state index in [1.165, 1.54) is 6.92 Å². The molecule has 9 N–H and O–H groups in total. The van der Waals surface area contributed by atoms with E-state index in [2.05, 4.69) is 20.9 Å². The second kappa shape index (κ2) is 14.0. The molecule has 1 aromatic carbocycles. The number of fused-ring (bicyclic) bond motifs is 1. The van der Waals surface area contributed by atoms with Gasteiger partial charge in [-0.2, -0.15) is 0 Å². The highest BCUT2D eigenvalue weighted by Crippen LogP contribution is 2.19. The number of rotatable bonds is 15. The number of unbranched alkanes of at least 4 members (excludes halogenated alkanes) is 1. The quantitative estimate of drug-likeness (QED) is 0.122. The van der Waals surface area contributed by atoms with E-state index in [9.17, 15) is 24.0 Å². The fourth-order valence-corrected chi connectivity index (χ4v) is 3.68. The van der Waals surface area contributed by atoms with Crippen molar-refractivity contribution in [1.29, 1.82) is 0 Å². The Morgan fingerprint density at radius 3 is 2.36 bits per heavy atom. The zero-order valence-corrected chi connectivity index (χ0v) is 20.2. The van der Waals surface area contributed by atoms with Crippen LogP contribution in [-0.4, -0.2) is 70.8 Å². The molecule has 0 bridgehead atoms. The van der Waals surface area contributed by atoms with E-state index in [1.807, 2.05) is 24.3 Å². The van der Waals surface area contributed by atoms with Crippen molar-refractivity contribution in [2.24, 2.45) is 11.5 Å². The maximum atomic E-state index is 13.2. The van der Waals surface area contributed by atoms with E-state index in [0.29, 0.717) is 25.7 Å². The van der Waals surface area contributed by atoms with Crippen molar-refractivity contribution in [3.63, 3.8) is 0 Å². The highest BCUT2D eigenvalue weighted by atomic mass is 16.4. The van der Waals surface area contributed by atoms with Gasteiger partial charge in [0.15, 0.2) is 0 Å². The van der Waals surface area contributed by atoms with Gasteiger partial charge in [0.25, 0.3) is 0 Å². The highest BCUT2D eigenvalue weighted by molar-refractivity contribution is 5.95. The first-order valence-electron chi connectivity index (χ1n) is 11.7. The molecule has 0 radical (unpaired) electrons. The van der Waals surface area contributed by atoms with E-state index in [0.717, 1.165) is 16.5 Å². The van der Waals surface area contributed by atoms with Gasteiger partial charge in [-0.25, -0.2) is 0 Å². The van der Waals surface area contributed by atoms with Crippen molar-refractivity contribution in [2.75, 3.05) is 6.54 Å². The van der Waals surface area contributed by atoms with Crippen molar-refractivity contribution in [3.05, 3.63) is 36.0 Å². The second-order valence-electron chi connectivity index (χ2n) is 8.61. The summed E-state index contributed by atoms with van der Waals surface area (Å²) in [6, 6.07) is 3.25.